The smallest absolute Gasteiger partial charge is 0.0451 e. The standard InChI is InChI=1S/C40H32Cl2/c41-37-25-21-35(22-26-37)39(31-13-5-1-6-14-31,32-15-7-2-8-16-32)29-30-40(33-17-9-3-10-18-33,34-19-11-4-12-20-34)36-23-27-38(42)28-24-36/h1-28H,29-30H2. The molecule has 0 heterocycles. The fraction of sp³-hybridized carbons (Fsp3) is 0.100. The molecule has 0 atom stereocenters. The predicted molar refractivity (Wildman–Crippen MR) is 178 cm³/mol. The third-order valence-electron chi connectivity index (χ3n) is 8.62. The van der Waals surface area contributed by atoms with Crippen molar-refractivity contribution in [3.8, 4) is 0 Å². The van der Waals surface area contributed by atoms with Crippen LogP contribution in [-0.4, -0.2) is 0 Å². The van der Waals surface area contributed by atoms with Crippen molar-refractivity contribution < 1.29 is 0 Å². The highest BCUT2D eigenvalue weighted by atomic mass is 35.5. The summed E-state index contributed by atoms with van der Waals surface area (Å²) in [7, 11) is 0. The Morgan fingerprint density at radius 2 is 0.500 bits per heavy atom. The van der Waals surface area contributed by atoms with Crippen molar-refractivity contribution in [2.45, 2.75) is 23.7 Å². The molecule has 0 aromatic heterocycles. The van der Waals surface area contributed by atoms with Crippen LogP contribution in [0.2, 0.25) is 10.0 Å². The van der Waals surface area contributed by atoms with Crippen LogP contribution in [0.4, 0.5) is 0 Å². The van der Waals surface area contributed by atoms with Gasteiger partial charge in [-0.25, -0.2) is 0 Å². The van der Waals surface area contributed by atoms with E-state index in [2.05, 4.69) is 146 Å². The second-order valence-corrected chi connectivity index (χ2v) is 11.7. The van der Waals surface area contributed by atoms with Gasteiger partial charge in [-0.1, -0.05) is 169 Å². The Balaban J connectivity index is 1.63. The number of halogens is 2. The summed E-state index contributed by atoms with van der Waals surface area (Å²) in [5.41, 5.74) is 6.61. The topological polar surface area (TPSA) is 0 Å². The summed E-state index contributed by atoms with van der Waals surface area (Å²) >= 11 is 12.9. The van der Waals surface area contributed by atoms with E-state index in [1.165, 1.54) is 33.4 Å². The Bertz CT molecular complexity index is 1480. The number of benzene rings is 6. The minimum absolute atomic E-state index is 0.422. The van der Waals surface area contributed by atoms with E-state index >= 15 is 0 Å². The predicted octanol–water partition coefficient (Wildman–Crippen LogP) is 11.1. The zero-order valence-corrected chi connectivity index (χ0v) is 24.8. The average molecular weight is 584 g/mol. The molecule has 6 aromatic rings. The molecule has 0 nitrogen and oxygen atoms in total. The van der Waals surface area contributed by atoms with Crippen LogP contribution in [0.1, 0.15) is 46.2 Å². The highest BCUT2D eigenvalue weighted by molar-refractivity contribution is 6.30. The second kappa shape index (κ2) is 12.4. The highest BCUT2D eigenvalue weighted by Gasteiger charge is 2.42. The van der Waals surface area contributed by atoms with Crippen LogP contribution < -0.4 is 0 Å². The lowest BCUT2D eigenvalue weighted by Crippen LogP contribution is -2.36. The van der Waals surface area contributed by atoms with Crippen molar-refractivity contribution in [1.29, 1.82) is 0 Å². The minimum Gasteiger partial charge on any atom is -0.0843 e. The first-order valence-electron chi connectivity index (χ1n) is 14.4. The summed E-state index contributed by atoms with van der Waals surface area (Å²) < 4.78 is 0. The fourth-order valence-corrected chi connectivity index (χ4v) is 6.85. The number of hydrogen-bond acceptors (Lipinski definition) is 0. The van der Waals surface area contributed by atoms with Gasteiger partial charge in [-0.3, -0.25) is 0 Å². The number of hydrogen-bond donors (Lipinski definition) is 0. The third-order valence-corrected chi connectivity index (χ3v) is 9.12. The highest BCUT2D eigenvalue weighted by Crippen LogP contribution is 2.50. The van der Waals surface area contributed by atoms with E-state index < -0.39 is 10.8 Å². The van der Waals surface area contributed by atoms with Crippen LogP contribution in [-0.2, 0) is 10.8 Å². The first kappa shape index (κ1) is 28.0. The largest absolute Gasteiger partial charge is 0.0843 e. The molecule has 42 heavy (non-hydrogen) atoms. The van der Waals surface area contributed by atoms with Crippen molar-refractivity contribution in [2.75, 3.05) is 0 Å². The number of rotatable bonds is 9. The summed E-state index contributed by atoms with van der Waals surface area (Å²) in [5.74, 6) is 0. The van der Waals surface area contributed by atoms with Crippen LogP contribution in [0.5, 0.6) is 0 Å². The average Bonchev–Trinajstić information content (AvgIpc) is 3.06. The molecule has 206 valence electrons. The Labute approximate surface area is 259 Å². The van der Waals surface area contributed by atoms with E-state index in [1.807, 2.05) is 24.3 Å². The van der Waals surface area contributed by atoms with E-state index in [1.54, 1.807) is 0 Å². The normalized spacial score (nSPS) is 11.8. The monoisotopic (exact) mass is 582 g/mol. The zero-order valence-electron chi connectivity index (χ0n) is 23.3. The summed E-state index contributed by atoms with van der Waals surface area (Å²) in [4.78, 5) is 0. The molecule has 6 aromatic carbocycles. The Morgan fingerprint density at radius 1 is 0.286 bits per heavy atom. The van der Waals surface area contributed by atoms with Crippen LogP contribution in [0.25, 0.3) is 0 Å². The molecular formula is C40H32Cl2. The lowest BCUT2D eigenvalue weighted by molar-refractivity contribution is 0.452. The first-order valence-corrected chi connectivity index (χ1v) is 15.1. The van der Waals surface area contributed by atoms with Gasteiger partial charge in [0.1, 0.15) is 0 Å². The third kappa shape index (κ3) is 5.29. The SMILES string of the molecule is Clc1ccc(C(CCC(c2ccccc2)(c2ccccc2)c2ccc(Cl)cc2)(c2ccccc2)c2ccccc2)cc1. The van der Waals surface area contributed by atoms with Crippen LogP contribution in [0.3, 0.4) is 0 Å². The molecule has 0 aliphatic heterocycles. The molecule has 0 saturated heterocycles. The van der Waals surface area contributed by atoms with Gasteiger partial charge < -0.3 is 0 Å². The maximum atomic E-state index is 6.45. The molecule has 0 bridgehead atoms. The van der Waals surface area contributed by atoms with Gasteiger partial charge in [0, 0.05) is 20.9 Å². The van der Waals surface area contributed by atoms with Crippen molar-refractivity contribution >= 4 is 23.2 Å². The van der Waals surface area contributed by atoms with Crippen LogP contribution >= 0.6 is 23.2 Å². The van der Waals surface area contributed by atoms with Crippen molar-refractivity contribution in [2.24, 2.45) is 0 Å². The van der Waals surface area contributed by atoms with Gasteiger partial charge in [-0.05, 0) is 70.5 Å². The minimum atomic E-state index is -0.422. The lowest BCUT2D eigenvalue weighted by atomic mass is 9.60. The lowest BCUT2D eigenvalue weighted by Gasteiger charge is -2.42. The van der Waals surface area contributed by atoms with Gasteiger partial charge >= 0.3 is 0 Å². The Hall–Kier alpha value is -4.10. The molecule has 0 saturated carbocycles. The van der Waals surface area contributed by atoms with E-state index in [4.69, 9.17) is 23.2 Å². The van der Waals surface area contributed by atoms with E-state index in [9.17, 15) is 0 Å². The molecule has 0 unspecified atom stereocenters. The molecule has 0 spiro atoms. The maximum Gasteiger partial charge on any atom is 0.0451 e. The van der Waals surface area contributed by atoms with Crippen molar-refractivity contribution in [3.63, 3.8) is 0 Å². The van der Waals surface area contributed by atoms with Gasteiger partial charge in [0.15, 0.2) is 0 Å². The summed E-state index contributed by atoms with van der Waals surface area (Å²) in [6, 6.07) is 60.4. The molecule has 0 fully saturated rings. The maximum absolute atomic E-state index is 6.45. The molecular weight excluding hydrogens is 551 g/mol. The molecule has 0 aliphatic rings. The van der Waals surface area contributed by atoms with Gasteiger partial charge in [0.2, 0.25) is 0 Å². The van der Waals surface area contributed by atoms with E-state index in [0.717, 1.165) is 22.9 Å². The molecule has 0 N–H and O–H groups in total. The van der Waals surface area contributed by atoms with E-state index in [-0.39, 0.29) is 0 Å². The Morgan fingerprint density at radius 3 is 0.738 bits per heavy atom. The van der Waals surface area contributed by atoms with Gasteiger partial charge in [0.25, 0.3) is 0 Å². The second-order valence-electron chi connectivity index (χ2n) is 10.8. The summed E-state index contributed by atoms with van der Waals surface area (Å²) in [6.45, 7) is 0. The molecule has 0 amide bonds. The van der Waals surface area contributed by atoms with Crippen molar-refractivity contribution in [1.82, 2.24) is 0 Å². The first-order chi connectivity index (χ1) is 20.6. The quantitative estimate of drug-likeness (QED) is 0.149. The summed E-state index contributed by atoms with van der Waals surface area (Å²) in [6.07, 6.45) is 1.68. The Kier molecular flexibility index (Phi) is 8.29. The van der Waals surface area contributed by atoms with Crippen LogP contribution in [0.15, 0.2) is 170 Å². The zero-order chi connectivity index (χ0) is 28.8. The van der Waals surface area contributed by atoms with E-state index in [0.29, 0.717) is 0 Å². The fourth-order valence-electron chi connectivity index (χ4n) is 6.60. The van der Waals surface area contributed by atoms with Gasteiger partial charge in [0.05, 0.1) is 0 Å². The molecule has 0 radical (unpaired) electrons. The molecule has 2 heteroatoms. The molecule has 0 aliphatic carbocycles. The molecule has 6 rings (SSSR count). The van der Waals surface area contributed by atoms with Crippen LogP contribution in [0, 0.1) is 0 Å². The van der Waals surface area contributed by atoms with Crippen molar-refractivity contribution in [3.05, 3.63) is 213 Å². The van der Waals surface area contributed by atoms with Gasteiger partial charge in [-0.15, -0.1) is 0 Å². The van der Waals surface area contributed by atoms with Gasteiger partial charge in [-0.2, -0.15) is 0 Å². The summed E-state index contributed by atoms with van der Waals surface area (Å²) in [5, 5.41) is 1.47.